The summed E-state index contributed by atoms with van der Waals surface area (Å²) < 4.78 is 34.5. The van der Waals surface area contributed by atoms with Crippen LogP contribution in [0.15, 0.2) is 0 Å². The van der Waals surface area contributed by atoms with Gasteiger partial charge in [0.2, 0.25) is 0 Å². The van der Waals surface area contributed by atoms with Crippen LogP contribution < -0.4 is 29.6 Å². The Morgan fingerprint density at radius 2 is 0.931 bits per heavy atom. The summed E-state index contributed by atoms with van der Waals surface area (Å²) in [7, 11) is -4.15. The third-order valence-electron chi connectivity index (χ3n) is 5.72. The number of aliphatic hydroxyl groups excluding tert-OH is 1. The third-order valence-corrected chi connectivity index (χ3v) is 7.01. The van der Waals surface area contributed by atoms with E-state index in [9.17, 15) is 13.0 Å². The molecule has 170 valence electrons. The minimum absolute atomic E-state index is 0. The van der Waals surface area contributed by atoms with E-state index in [-0.39, 0.29) is 29.6 Å². The summed E-state index contributed by atoms with van der Waals surface area (Å²) in [6.07, 6.45) is 21.8. The Labute approximate surface area is 204 Å². The monoisotopic (exact) mass is 442 g/mol. The van der Waals surface area contributed by atoms with Crippen LogP contribution >= 0.6 is 0 Å². The SMILES string of the molecule is CCCCCCCCCCC(CCCCCCCCCCCCO)S(=O)(=O)[O-].[Na+]. The molecule has 0 heterocycles. The van der Waals surface area contributed by atoms with E-state index >= 15 is 0 Å². The molecule has 0 aliphatic carbocycles. The zero-order valence-electron chi connectivity index (χ0n) is 19.5. The van der Waals surface area contributed by atoms with E-state index in [1.165, 1.54) is 64.2 Å². The molecule has 1 unspecified atom stereocenters. The van der Waals surface area contributed by atoms with E-state index in [1.54, 1.807) is 0 Å². The number of rotatable bonds is 22. The van der Waals surface area contributed by atoms with Crippen molar-refractivity contribution in [3.05, 3.63) is 0 Å². The Balaban J connectivity index is 0. The van der Waals surface area contributed by atoms with Gasteiger partial charge in [0.15, 0.2) is 0 Å². The van der Waals surface area contributed by atoms with Crippen molar-refractivity contribution in [3.8, 4) is 0 Å². The van der Waals surface area contributed by atoms with Gasteiger partial charge in [-0.15, -0.1) is 0 Å². The van der Waals surface area contributed by atoms with Crippen molar-refractivity contribution in [1.29, 1.82) is 0 Å². The van der Waals surface area contributed by atoms with Gasteiger partial charge < -0.3 is 9.66 Å². The quantitative estimate of drug-likeness (QED) is 0.157. The van der Waals surface area contributed by atoms with Crippen molar-refractivity contribution in [2.24, 2.45) is 0 Å². The molecule has 1 atom stereocenters. The molecule has 0 saturated heterocycles. The summed E-state index contributed by atoms with van der Waals surface area (Å²) >= 11 is 0. The maximum absolute atomic E-state index is 11.5. The van der Waals surface area contributed by atoms with Crippen LogP contribution in [0.3, 0.4) is 0 Å². The van der Waals surface area contributed by atoms with E-state index in [0.717, 1.165) is 51.4 Å². The van der Waals surface area contributed by atoms with Crippen molar-refractivity contribution < 1.29 is 47.6 Å². The zero-order chi connectivity index (χ0) is 20.9. The van der Waals surface area contributed by atoms with Crippen LogP contribution in [0.25, 0.3) is 0 Å². The average molecular weight is 443 g/mol. The first-order valence-corrected chi connectivity index (χ1v) is 13.5. The van der Waals surface area contributed by atoms with Crippen molar-refractivity contribution in [2.45, 2.75) is 141 Å². The first-order valence-electron chi connectivity index (χ1n) is 12.1. The normalized spacial score (nSPS) is 12.7. The van der Waals surface area contributed by atoms with Gasteiger partial charge in [-0.1, -0.05) is 116 Å². The van der Waals surface area contributed by atoms with Crippen LogP contribution in [0.1, 0.15) is 135 Å². The molecular weight excluding hydrogens is 395 g/mol. The van der Waals surface area contributed by atoms with Crippen molar-refractivity contribution >= 4 is 10.1 Å². The fourth-order valence-electron chi connectivity index (χ4n) is 3.84. The molecule has 0 saturated carbocycles. The largest absolute Gasteiger partial charge is 1.00 e. The Kier molecular flexibility index (Phi) is 26.0. The van der Waals surface area contributed by atoms with Crippen molar-refractivity contribution in [3.63, 3.8) is 0 Å². The molecule has 0 spiro atoms. The number of hydrogen-bond donors (Lipinski definition) is 1. The molecule has 0 radical (unpaired) electrons. The van der Waals surface area contributed by atoms with Gasteiger partial charge in [-0.05, 0) is 19.3 Å². The van der Waals surface area contributed by atoms with Crippen LogP contribution in [0, 0.1) is 0 Å². The Bertz CT molecular complexity index is 415. The van der Waals surface area contributed by atoms with Gasteiger partial charge in [0.05, 0.1) is 10.1 Å². The van der Waals surface area contributed by atoms with Gasteiger partial charge >= 0.3 is 29.6 Å². The summed E-state index contributed by atoms with van der Waals surface area (Å²) in [6.45, 7) is 2.52. The van der Waals surface area contributed by atoms with Gasteiger partial charge in [0.1, 0.15) is 0 Å². The minimum atomic E-state index is -4.15. The summed E-state index contributed by atoms with van der Waals surface area (Å²) in [5.41, 5.74) is 0. The van der Waals surface area contributed by atoms with Crippen LogP contribution in [0.5, 0.6) is 0 Å². The number of aliphatic hydroxyl groups is 1. The predicted octanol–water partition coefficient (Wildman–Crippen LogP) is 3.72. The van der Waals surface area contributed by atoms with Gasteiger partial charge in [-0.25, -0.2) is 8.42 Å². The van der Waals surface area contributed by atoms with Gasteiger partial charge in [-0.3, -0.25) is 0 Å². The molecule has 29 heavy (non-hydrogen) atoms. The number of unbranched alkanes of at least 4 members (excludes halogenated alkanes) is 16. The molecule has 0 aromatic rings. The smallest absolute Gasteiger partial charge is 0.748 e. The molecule has 0 aromatic heterocycles. The second-order valence-electron chi connectivity index (χ2n) is 8.43. The Morgan fingerprint density at radius 1 is 0.621 bits per heavy atom. The molecule has 0 bridgehead atoms. The topological polar surface area (TPSA) is 77.4 Å². The van der Waals surface area contributed by atoms with E-state index in [2.05, 4.69) is 6.92 Å². The van der Waals surface area contributed by atoms with Gasteiger partial charge in [-0.2, -0.15) is 0 Å². The molecule has 0 fully saturated rings. The van der Waals surface area contributed by atoms with Crippen molar-refractivity contribution in [2.75, 3.05) is 6.61 Å². The van der Waals surface area contributed by atoms with Crippen LogP contribution in [0.4, 0.5) is 0 Å². The van der Waals surface area contributed by atoms with E-state index < -0.39 is 15.4 Å². The second-order valence-corrected chi connectivity index (χ2v) is 10.1. The standard InChI is InChI=1S/C23H48O4S.Na/c1-2-3-4-5-6-11-14-17-20-23(28(25,26)27)21-18-15-12-9-7-8-10-13-16-19-22-24;/h23-24H,2-22H2,1H3,(H,25,26,27);/q;+1/p-1. The van der Waals surface area contributed by atoms with E-state index in [1.807, 2.05) is 0 Å². The third kappa shape index (κ3) is 23.4. The molecule has 1 N–H and O–H groups in total. The summed E-state index contributed by atoms with van der Waals surface area (Å²) in [5.74, 6) is 0. The van der Waals surface area contributed by atoms with E-state index in [4.69, 9.17) is 5.11 Å². The maximum Gasteiger partial charge on any atom is 1.00 e. The molecule has 0 aromatic carbocycles. The van der Waals surface area contributed by atoms with Gasteiger partial charge in [0, 0.05) is 11.9 Å². The predicted molar refractivity (Wildman–Crippen MR) is 119 cm³/mol. The maximum atomic E-state index is 11.5. The Morgan fingerprint density at radius 3 is 1.24 bits per heavy atom. The summed E-state index contributed by atoms with van der Waals surface area (Å²) in [6, 6.07) is 0. The van der Waals surface area contributed by atoms with Crippen LogP contribution in [-0.4, -0.2) is 29.9 Å². The molecule has 6 heteroatoms. The molecule has 4 nitrogen and oxygen atoms in total. The average Bonchev–Trinajstić information content (AvgIpc) is 2.65. The second kappa shape index (κ2) is 23.5. The fraction of sp³-hybridized carbons (Fsp3) is 1.00. The van der Waals surface area contributed by atoms with Crippen LogP contribution in [0.2, 0.25) is 0 Å². The molecular formula is C23H47NaO4S. The van der Waals surface area contributed by atoms with Crippen molar-refractivity contribution in [1.82, 2.24) is 0 Å². The number of hydrogen-bond acceptors (Lipinski definition) is 4. The molecule has 0 aliphatic heterocycles. The van der Waals surface area contributed by atoms with E-state index in [0.29, 0.717) is 19.4 Å². The van der Waals surface area contributed by atoms with Crippen LogP contribution in [-0.2, 0) is 10.1 Å². The van der Waals surface area contributed by atoms with Gasteiger partial charge in [0.25, 0.3) is 0 Å². The first-order chi connectivity index (χ1) is 13.5. The fourth-order valence-corrected chi connectivity index (χ4v) is 4.75. The summed E-state index contributed by atoms with van der Waals surface area (Å²) in [5, 5.41) is 8.06. The summed E-state index contributed by atoms with van der Waals surface area (Å²) in [4.78, 5) is 0. The Hall–Kier alpha value is 0.870. The zero-order valence-corrected chi connectivity index (χ0v) is 22.3. The first kappa shape index (κ1) is 32.1. The molecule has 0 rings (SSSR count). The molecule has 0 aliphatic rings. The minimum Gasteiger partial charge on any atom is -0.748 e. The molecule has 0 amide bonds.